The molecule has 0 aromatic heterocycles. The number of hydrogen-bond donors (Lipinski definition) is 1. The third-order valence-corrected chi connectivity index (χ3v) is 4.75. The second-order valence-corrected chi connectivity index (χ2v) is 6.84. The molecule has 1 N–H and O–H groups in total. The summed E-state index contributed by atoms with van der Waals surface area (Å²) >= 11 is 0. The van der Waals surface area contributed by atoms with Gasteiger partial charge in [0.2, 0.25) is 0 Å². The molecule has 2 aliphatic rings. The number of anilines is 1. The van der Waals surface area contributed by atoms with E-state index in [4.69, 9.17) is 9.57 Å². The molecule has 24 heavy (non-hydrogen) atoms. The Morgan fingerprint density at radius 1 is 1.38 bits per heavy atom. The fourth-order valence-electron chi connectivity index (χ4n) is 3.31. The van der Waals surface area contributed by atoms with E-state index in [-0.39, 0.29) is 11.5 Å². The number of benzene rings is 1. The number of carbonyl (C=O) groups is 1. The van der Waals surface area contributed by atoms with Gasteiger partial charge in [-0.2, -0.15) is 0 Å². The van der Waals surface area contributed by atoms with Crippen LogP contribution in [0.15, 0.2) is 29.4 Å². The van der Waals surface area contributed by atoms with Crippen LogP contribution in [0, 0.1) is 0 Å². The average molecular weight is 331 g/mol. The Bertz CT molecular complexity index is 627. The van der Waals surface area contributed by atoms with Gasteiger partial charge in [-0.1, -0.05) is 5.16 Å². The fraction of sp³-hybridized carbons (Fsp3) is 0.556. The van der Waals surface area contributed by atoms with Crippen molar-refractivity contribution in [3.05, 3.63) is 24.3 Å². The Labute approximate surface area is 142 Å². The lowest BCUT2D eigenvalue weighted by atomic mass is 9.87. The van der Waals surface area contributed by atoms with Crippen LogP contribution in [0.3, 0.4) is 0 Å². The van der Waals surface area contributed by atoms with E-state index in [1.54, 1.807) is 7.11 Å². The lowest BCUT2D eigenvalue weighted by Crippen LogP contribution is -2.50. The minimum atomic E-state index is -0.338. The third kappa shape index (κ3) is 3.53. The average Bonchev–Trinajstić information content (AvgIpc) is 2.99. The van der Waals surface area contributed by atoms with Crippen molar-refractivity contribution in [2.75, 3.05) is 25.5 Å². The number of oxime groups is 1. The maximum absolute atomic E-state index is 12.4. The molecule has 3 rings (SSSR count). The number of piperidine rings is 1. The topological polar surface area (TPSA) is 63.2 Å². The van der Waals surface area contributed by atoms with Crippen molar-refractivity contribution in [3.8, 4) is 5.75 Å². The highest BCUT2D eigenvalue weighted by Crippen LogP contribution is 2.34. The number of nitrogens with one attached hydrogen (secondary N) is 1. The first-order valence-corrected chi connectivity index (χ1v) is 8.46. The van der Waals surface area contributed by atoms with E-state index in [0.717, 1.165) is 37.4 Å². The quantitative estimate of drug-likeness (QED) is 0.921. The van der Waals surface area contributed by atoms with Crippen LogP contribution in [-0.4, -0.2) is 48.4 Å². The molecule has 1 unspecified atom stereocenters. The largest absolute Gasteiger partial charge is 0.497 e. The van der Waals surface area contributed by atoms with E-state index in [2.05, 4.69) is 29.2 Å². The number of carbonyl (C=O) groups excluding carboxylic acids is 1. The number of methoxy groups -OCH3 is 1. The monoisotopic (exact) mass is 331 g/mol. The first-order valence-electron chi connectivity index (χ1n) is 8.46. The van der Waals surface area contributed by atoms with Crippen molar-refractivity contribution in [2.45, 2.75) is 44.8 Å². The molecule has 0 radical (unpaired) electrons. The molecule has 1 saturated heterocycles. The standard InChI is InChI=1S/C18H25N3O3/c1-13(2)21-10-4-9-18(12-21)11-16(20-24-18)17(22)19-14-5-7-15(23-3)8-6-14/h5-8,13H,4,9-12H2,1-3H3,(H,19,22). The molecule has 1 spiro atoms. The van der Waals surface area contributed by atoms with E-state index < -0.39 is 0 Å². The third-order valence-electron chi connectivity index (χ3n) is 4.75. The SMILES string of the molecule is COc1ccc(NC(=O)C2=NOC3(CCCN(C(C)C)C3)C2)cc1. The highest BCUT2D eigenvalue weighted by atomic mass is 16.7. The van der Waals surface area contributed by atoms with Crippen molar-refractivity contribution < 1.29 is 14.4 Å². The maximum atomic E-state index is 12.4. The second-order valence-electron chi connectivity index (χ2n) is 6.84. The van der Waals surface area contributed by atoms with Gasteiger partial charge in [-0.3, -0.25) is 9.69 Å². The summed E-state index contributed by atoms with van der Waals surface area (Å²) in [5.41, 5.74) is 0.850. The van der Waals surface area contributed by atoms with Gasteiger partial charge in [-0.25, -0.2) is 0 Å². The highest BCUT2D eigenvalue weighted by Gasteiger charge is 2.44. The van der Waals surface area contributed by atoms with Crippen molar-refractivity contribution in [1.82, 2.24) is 4.90 Å². The number of hydrogen-bond acceptors (Lipinski definition) is 5. The molecule has 0 saturated carbocycles. The van der Waals surface area contributed by atoms with Gasteiger partial charge in [0.15, 0.2) is 5.60 Å². The van der Waals surface area contributed by atoms with Crippen molar-refractivity contribution in [2.24, 2.45) is 5.16 Å². The molecule has 2 aliphatic heterocycles. The summed E-state index contributed by atoms with van der Waals surface area (Å²) in [7, 11) is 1.61. The van der Waals surface area contributed by atoms with Crippen LogP contribution in [0.5, 0.6) is 5.75 Å². The van der Waals surface area contributed by atoms with Crippen LogP contribution in [0.25, 0.3) is 0 Å². The predicted molar refractivity (Wildman–Crippen MR) is 93.4 cm³/mol. The molecule has 1 atom stereocenters. The number of rotatable bonds is 4. The molecule has 6 heteroatoms. The Morgan fingerprint density at radius 2 is 2.12 bits per heavy atom. The van der Waals surface area contributed by atoms with Crippen LogP contribution in [0.2, 0.25) is 0 Å². The Balaban J connectivity index is 1.61. The van der Waals surface area contributed by atoms with Gasteiger partial charge >= 0.3 is 0 Å². The number of nitrogens with zero attached hydrogens (tertiary/aromatic N) is 2. The summed E-state index contributed by atoms with van der Waals surface area (Å²) in [6.45, 7) is 6.28. The first-order chi connectivity index (χ1) is 11.5. The van der Waals surface area contributed by atoms with E-state index in [0.29, 0.717) is 18.2 Å². The zero-order valence-corrected chi connectivity index (χ0v) is 14.5. The summed E-state index contributed by atoms with van der Waals surface area (Å²) in [5, 5.41) is 6.96. The Hall–Kier alpha value is -2.08. The fourth-order valence-corrected chi connectivity index (χ4v) is 3.31. The van der Waals surface area contributed by atoms with Crippen molar-refractivity contribution in [1.29, 1.82) is 0 Å². The molecule has 0 aliphatic carbocycles. The summed E-state index contributed by atoms with van der Waals surface area (Å²) in [5.74, 6) is 0.559. The molecule has 1 aromatic carbocycles. The zero-order chi connectivity index (χ0) is 17.2. The summed E-state index contributed by atoms with van der Waals surface area (Å²) in [6.07, 6.45) is 2.58. The van der Waals surface area contributed by atoms with Crippen LogP contribution in [0.1, 0.15) is 33.1 Å². The number of amides is 1. The molecule has 1 amide bonds. The van der Waals surface area contributed by atoms with E-state index in [1.165, 1.54) is 0 Å². The first kappa shape index (κ1) is 16.8. The summed E-state index contributed by atoms with van der Waals surface area (Å²) in [6, 6.07) is 7.72. The van der Waals surface area contributed by atoms with Crippen LogP contribution in [-0.2, 0) is 9.63 Å². The van der Waals surface area contributed by atoms with Gasteiger partial charge in [0, 0.05) is 24.7 Å². The molecular formula is C18H25N3O3. The van der Waals surface area contributed by atoms with Gasteiger partial charge in [0.1, 0.15) is 11.5 Å². The Morgan fingerprint density at radius 3 is 2.79 bits per heavy atom. The van der Waals surface area contributed by atoms with E-state index in [1.807, 2.05) is 24.3 Å². The maximum Gasteiger partial charge on any atom is 0.273 e. The second kappa shape index (κ2) is 6.81. The van der Waals surface area contributed by atoms with Crippen LogP contribution >= 0.6 is 0 Å². The predicted octanol–water partition coefficient (Wildman–Crippen LogP) is 2.65. The summed E-state index contributed by atoms with van der Waals surface area (Å²) < 4.78 is 5.12. The molecule has 130 valence electrons. The van der Waals surface area contributed by atoms with Crippen LogP contribution < -0.4 is 10.1 Å². The normalized spacial score (nSPS) is 23.9. The zero-order valence-electron chi connectivity index (χ0n) is 14.5. The van der Waals surface area contributed by atoms with Crippen molar-refractivity contribution >= 4 is 17.3 Å². The molecular weight excluding hydrogens is 306 g/mol. The van der Waals surface area contributed by atoms with Gasteiger partial charge in [-0.05, 0) is 57.5 Å². The molecule has 6 nitrogen and oxygen atoms in total. The lowest BCUT2D eigenvalue weighted by molar-refractivity contribution is -0.110. The van der Waals surface area contributed by atoms with Gasteiger partial charge in [0.25, 0.3) is 5.91 Å². The smallest absolute Gasteiger partial charge is 0.273 e. The van der Waals surface area contributed by atoms with Crippen molar-refractivity contribution in [3.63, 3.8) is 0 Å². The Kier molecular flexibility index (Phi) is 4.76. The number of ether oxygens (including phenoxy) is 1. The lowest BCUT2D eigenvalue weighted by Gasteiger charge is -2.40. The molecule has 2 heterocycles. The van der Waals surface area contributed by atoms with Gasteiger partial charge in [-0.15, -0.1) is 0 Å². The molecule has 1 aromatic rings. The van der Waals surface area contributed by atoms with E-state index >= 15 is 0 Å². The molecule has 1 fully saturated rings. The minimum Gasteiger partial charge on any atom is -0.497 e. The molecule has 0 bridgehead atoms. The minimum absolute atomic E-state index is 0.196. The van der Waals surface area contributed by atoms with E-state index in [9.17, 15) is 4.79 Å². The van der Waals surface area contributed by atoms with Gasteiger partial charge in [0.05, 0.1) is 7.11 Å². The number of likely N-dealkylation sites (tertiary alicyclic amines) is 1. The van der Waals surface area contributed by atoms with Gasteiger partial charge < -0.3 is 14.9 Å². The summed E-state index contributed by atoms with van der Waals surface area (Å²) in [4.78, 5) is 20.6. The van der Waals surface area contributed by atoms with Crippen LogP contribution in [0.4, 0.5) is 5.69 Å². The highest BCUT2D eigenvalue weighted by molar-refractivity contribution is 6.43.